The van der Waals surface area contributed by atoms with E-state index >= 15 is 0 Å². The van der Waals surface area contributed by atoms with E-state index in [2.05, 4.69) is 15.5 Å². The van der Waals surface area contributed by atoms with Crippen LogP contribution in [0, 0.1) is 0 Å². The Labute approximate surface area is 156 Å². The number of rotatable bonds is 5. The Morgan fingerprint density at radius 2 is 2.08 bits per heavy atom. The molecule has 2 saturated heterocycles. The van der Waals surface area contributed by atoms with Gasteiger partial charge in [-0.1, -0.05) is 0 Å². The molecule has 4 heterocycles. The summed E-state index contributed by atoms with van der Waals surface area (Å²) >= 11 is 0. The maximum atomic E-state index is 5.79. The summed E-state index contributed by atoms with van der Waals surface area (Å²) < 4.78 is 5.79. The number of nitrogens with one attached hydrogen (secondary N) is 2. The molecule has 2 N–H and O–H groups in total. The van der Waals surface area contributed by atoms with Crippen LogP contribution in [0.25, 0.3) is 0 Å². The molecule has 26 heavy (non-hydrogen) atoms. The van der Waals surface area contributed by atoms with Crippen molar-refractivity contribution < 1.29 is 4.74 Å². The molecule has 0 saturated carbocycles. The first-order valence-electron chi connectivity index (χ1n) is 10.1. The molecule has 144 valence electrons. The van der Waals surface area contributed by atoms with Crippen LogP contribution in [-0.4, -0.2) is 73.9 Å². The predicted octanol–water partition coefficient (Wildman–Crippen LogP) is 1.24. The number of fused-ring (bicyclic) bond motifs is 1. The highest BCUT2D eigenvalue weighted by atomic mass is 16.5. The SMILES string of the molecule is CN(C)c1nc2c(c(NC3CCN(C[C@H]4CCCO4)CC3)n1)CCNC2. The number of hydrogen-bond donors (Lipinski definition) is 2. The molecular weight excluding hydrogens is 328 g/mol. The quantitative estimate of drug-likeness (QED) is 0.819. The topological polar surface area (TPSA) is 65.6 Å². The molecule has 0 aliphatic carbocycles. The second-order valence-corrected chi connectivity index (χ2v) is 7.97. The zero-order valence-electron chi connectivity index (χ0n) is 16.1. The number of piperidine rings is 1. The van der Waals surface area contributed by atoms with Crippen molar-refractivity contribution in [3.05, 3.63) is 11.3 Å². The van der Waals surface area contributed by atoms with Gasteiger partial charge in [0.2, 0.25) is 5.95 Å². The summed E-state index contributed by atoms with van der Waals surface area (Å²) in [5.41, 5.74) is 2.45. The maximum absolute atomic E-state index is 5.79. The fraction of sp³-hybridized carbons (Fsp3) is 0.789. The molecule has 4 rings (SSSR count). The van der Waals surface area contributed by atoms with Gasteiger partial charge < -0.3 is 25.2 Å². The van der Waals surface area contributed by atoms with Crippen LogP contribution in [0.15, 0.2) is 0 Å². The standard InChI is InChI=1S/C19H32N6O/c1-24(2)19-22-17-12-20-8-5-16(17)18(23-19)21-14-6-9-25(10-7-14)13-15-4-3-11-26-15/h14-15,20H,3-13H2,1-2H3,(H,21,22,23)/t15-/m1/s1. The molecule has 0 bridgehead atoms. The highest BCUT2D eigenvalue weighted by Gasteiger charge is 2.26. The van der Waals surface area contributed by atoms with E-state index in [1.165, 1.54) is 31.2 Å². The van der Waals surface area contributed by atoms with Crippen LogP contribution >= 0.6 is 0 Å². The number of anilines is 2. The minimum Gasteiger partial charge on any atom is -0.377 e. The molecule has 0 spiro atoms. The van der Waals surface area contributed by atoms with Gasteiger partial charge in [-0.05, 0) is 38.6 Å². The third-order valence-electron chi connectivity index (χ3n) is 5.74. The lowest BCUT2D eigenvalue weighted by atomic mass is 10.0. The summed E-state index contributed by atoms with van der Waals surface area (Å²) in [5.74, 6) is 1.85. The molecule has 1 aromatic rings. The average Bonchev–Trinajstić information content (AvgIpc) is 3.16. The van der Waals surface area contributed by atoms with Crippen LogP contribution in [0.3, 0.4) is 0 Å². The summed E-state index contributed by atoms with van der Waals surface area (Å²) in [5, 5.41) is 7.18. The van der Waals surface area contributed by atoms with Gasteiger partial charge in [0.25, 0.3) is 0 Å². The molecule has 0 aromatic carbocycles. The van der Waals surface area contributed by atoms with E-state index in [-0.39, 0.29) is 0 Å². The second-order valence-electron chi connectivity index (χ2n) is 7.97. The van der Waals surface area contributed by atoms with Crippen LogP contribution < -0.4 is 15.5 Å². The molecule has 1 atom stereocenters. The normalized spacial score (nSPS) is 24.5. The van der Waals surface area contributed by atoms with E-state index < -0.39 is 0 Å². The summed E-state index contributed by atoms with van der Waals surface area (Å²) in [4.78, 5) is 14.1. The highest BCUT2D eigenvalue weighted by molar-refractivity contribution is 5.52. The van der Waals surface area contributed by atoms with Crippen molar-refractivity contribution in [1.29, 1.82) is 0 Å². The molecule has 0 radical (unpaired) electrons. The average molecular weight is 361 g/mol. The van der Waals surface area contributed by atoms with Gasteiger partial charge in [-0.15, -0.1) is 0 Å². The van der Waals surface area contributed by atoms with Crippen LogP contribution in [0.4, 0.5) is 11.8 Å². The van der Waals surface area contributed by atoms with Gasteiger partial charge in [-0.25, -0.2) is 4.98 Å². The molecule has 3 aliphatic heterocycles. The summed E-state index contributed by atoms with van der Waals surface area (Å²) in [6.07, 6.45) is 6.26. The van der Waals surface area contributed by atoms with E-state index in [1.54, 1.807) is 0 Å². The van der Waals surface area contributed by atoms with Gasteiger partial charge in [-0.2, -0.15) is 4.98 Å². The Hall–Kier alpha value is -1.44. The Morgan fingerprint density at radius 1 is 1.23 bits per heavy atom. The van der Waals surface area contributed by atoms with E-state index in [9.17, 15) is 0 Å². The van der Waals surface area contributed by atoms with E-state index in [0.717, 1.165) is 63.2 Å². The van der Waals surface area contributed by atoms with Crippen molar-refractivity contribution in [3.63, 3.8) is 0 Å². The number of likely N-dealkylation sites (tertiary alicyclic amines) is 1. The van der Waals surface area contributed by atoms with E-state index in [4.69, 9.17) is 14.7 Å². The van der Waals surface area contributed by atoms with Crippen LogP contribution in [0.2, 0.25) is 0 Å². The number of hydrogen-bond acceptors (Lipinski definition) is 7. The fourth-order valence-electron chi connectivity index (χ4n) is 4.20. The molecule has 2 fully saturated rings. The second kappa shape index (κ2) is 8.06. The minimum atomic E-state index is 0.462. The van der Waals surface area contributed by atoms with Crippen LogP contribution in [-0.2, 0) is 17.7 Å². The Morgan fingerprint density at radius 3 is 2.81 bits per heavy atom. The molecule has 3 aliphatic rings. The zero-order valence-corrected chi connectivity index (χ0v) is 16.1. The highest BCUT2D eigenvalue weighted by Crippen LogP contribution is 2.25. The summed E-state index contributed by atoms with van der Waals surface area (Å²) in [6.45, 7) is 6.19. The van der Waals surface area contributed by atoms with Gasteiger partial charge >= 0.3 is 0 Å². The molecule has 0 unspecified atom stereocenters. The summed E-state index contributed by atoms with van der Waals surface area (Å²) in [7, 11) is 4.01. The lowest BCUT2D eigenvalue weighted by Gasteiger charge is -2.34. The largest absolute Gasteiger partial charge is 0.377 e. The van der Waals surface area contributed by atoms with Gasteiger partial charge in [0.15, 0.2) is 0 Å². The first-order chi connectivity index (χ1) is 12.7. The molecule has 7 nitrogen and oxygen atoms in total. The van der Waals surface area contributed by atoms with Crippen molar-refractivity contribution in [2.24, 2.45) is 0 Å². The number of aromatic nitrogens is 2. The third-order valence-corrected chi connectivity index (χ3v) is 5.74. The van der Waals surface area contributed by atoms with Crippen molar-refractivity contribution in [2.45, 2.75) is 50.8 Å². The van der Waals surface area contributed by atoms with Gasteiger partial charge in [0.1, 0.15) is 5.82 Å². The lowest BCUT2D eigenvalue weighted by molar-refractivity contribution is 0.0654. The van der Waals surface area contributed by atoms with Gasteiger partial charge in [0, 0.05) is 58.5 Å². The number of ether oxygens (including phenoxy) is 1. The summed E-state index contributed by atoms with van der Waals surface area (Å²) in [6, 6.07) is 0.500. The maximum Gasteiger partial charge on any atom is 0.227 e. The molecule has 7 heteroatoms. The van der Waals surface area contributed by atoms with E-state index in [1.807, 2.05) is 19.0 Å². The smallest absolute Gasteiger partial charge is 0.227 e. The van der Waals surface area contributed by atoms with Crippen LogP contribution in [0.5, 0.6) is 0 Å². The Kier molecular flexibility index (Phi) is 5.57. The fourth-order valence-corrected chi connectivity index (χ4v) is 4.20. The van der Waals surface area contributed by atoms with Crippen molar-refractivity contribution in [3.8, 4) is 0 Å². The molecular formula is C19H32N6O. The Balaban J connectivity index is 1.39. The van der Waals surface area contributed by atoms with Crippen molar-refractivity contribution in [1.82, 2.24) is 20.2 Å². The van der Waals surface area contributed by atoms with Gasteiger partial charge in [-0.3, -0.25) is 0 Å². The molecule has 1 aromatic heterocycles. The zero-order chi connectivity index (χ0) is 17.9. The monoisotopic (exact) mass is 360 g/mol. The first kappa shape index (κ1) is 17.9. The van der Waals surface area contributed by atoms with Gasteiger partial charge in [0.05, 0.1) is 11.8 Å². The molecule has 0 amide bonds. The van der Waals surface area contributed by atoms with E-state index in [0.29, 0.717) is 12.1 Å². The Bertz CT molecular complexity index is 608. The van der Waals surface area contributed by atoms with Crippen molar-refractivity contribution >= 4 is 11.8 Å². The number of nitrogens with zero attached hydrogens (tertiary/aromatic N) is 4. The predicted molar refractivity (Wildman–Crippen MR) is 104 cm³/mol. The van der Waals surface area contributed by atoms with Crippen molar-refractivity contribution in [2.75, 3.05) is 57.1 Å². The first-order valence-corrected chi connectivity index (χ1v) is 10.1. The lowest BCUT2D eigenvalue weighted by Crippen LogP contribution is -2.42. The third kappa shape index (κ3) is 4.10. The van der Waals surface area contributed by atoms with Crippen LogP contribution in [0.1, 0.15) is 36.9 Å². The minimum absolute atomic E-state index is 0.462.